The molecule has 4 amide bonds. The van der Waals surface area contributed by atoms with Crippen LogP contribution >= 0.6 is 35.3 Å². The van der Waals surface area contributed by atoms with Gasteiger partial charge in [0.2, 0.25) is 17.7 Å². The molecule has 0 saturated heterocycles. The smallest absolute Gasteiger partial charge is 0.328 e. The molecule has 0 unspecified atom stereocenters. The highest BCUT2D eigenvalue weighted by molar-refractivity contribution is 7.99. The van der Waals surface area contributed by atoms with Gasteiger partial charge in [0.1, 0.15) is 25.5 Å². The maximum Gasteiger partial charge on any atom is 0.328 e. The largest absolute Gasteiger partial charge is 0.339 e. The zero-order valence-corrected chi connectivity index (χ0v) is 31.3. The van der Waals surface area contributed by atoms with Gasteiger partial charge in [-0.05, 0) is 12.5 Å². The van der Waals surface area contributed by atoms with Gasteiger partial charge >= 0.3 is 11.4 Å². The Kier molecular flexibility index (Phi) is 17.4. The minimum Gasteiger partial charge on any atom is -0.339 e. The van der Waals surface area contributed by atoms with Gasteiger partial charge in [-0.1, -0.05) is 13.2 Å². The van der Waals surface area contributed by atoms with Gasteiger partial charge in [-0.2, -0.15) is 35.3 Å². The Balaban J connectivity index is 1.53. The van der Waals surface area contributed by atoms with Crippen LogP contribution in [0.15, 0.2) is 81.2 Å². The Bertz CT molecular complexity index is 1850. The minimum atomic E-state index is -0.691. The molecular weight excluding hydrogens is 735 g/mol. The van der Waals surface area contributed by atoms with Crippen LogP contribution in [0.4, 0.5) is 0 Å². The van der Waals surface area contributed by atoms with Crippen molar-refractivity contribution in [3.05, 3.63) is 104 Å². The maximum absolute atomic E-state index is 13.3. The van der Waals surface area contributed by atoms with Crippen LogP contribution in [0.5, 0.6) is 0 Å². The molecule has 17 nitrogen and oxygen atoms in total. The zero-order valence-electron chi connectivity index (χ0n) is 28.8. The van der Waals surface area contributed by atoms with Crippen molar-refractivity contribution in [3.63, 3.8) is 0 Å². The lowest BCUT2D eigenvalue weighted by molar-refractivity contribution is -0.132. The number of aromatic nitrogens is 4. The number of rotatable bonds is 22. The van der Waals surface area contributed by atoms with E-state index in [-0.39, 0.29) is 43.3 Å². The Morgan fingerprint density at radius 1 is 0.731 bits per heavy atom. The Morgan fingerprint density at radius 2 is 1.21 bits per heavy atom. The number of aromatic amines is 2. The van der Waals surface area contributed by atoms with E-state index in [0.29, 0.717) is 67.3 Å². The first-order valence-electron chi connectivity index (χ1n) is 16.1. The van der Waals surface area contributed by atoms with E-state index in [1.807, 2.05) is 6.26 Å². The molecule has 20 heteroatoms. The summed E-state index contributed by atoms with van der Waals surface area (Å²) in [6, 6.07) is 2.35. The van der Waals surface area contributed by atoms with E-state index in [9.17, 15) is 38.4 Å². The summed E-state index contributed by atoms with van der Waals surface area (Å²) in [6.07, 6.45) is 8.72. The topological polar surface area (TPSA) is 203 Å². The van der Waals surface area contributed by atoms with Crippen LogP contribution in [0.2, 0.25) is 0 Å². The molecule has 0 aliphatic carbocycles. The van der Waals surface area contributed by atoms with Gasteiger partial charge in [-0.15, -0.1) is 0 Å². The van der Waals surface area contributed by atoms with Crippen molar-refractivity contribution in [2.75, 3.05) is 74.3 Å². The number of nitrogens with zero attached hydrogens (tertiary/aromatic N) is 6. The van der Waals surface area contributed by atoms with Gasteiger partial charge in [-0.3, -0.25) is 47.9 Å². The van der Waals surface area contributed by atoms with E-state index in [0.717, 1.165) is 9.13 Å². The summed E-state index contributed by atoms with van der Waals surface area (Å²) in [7, 11) is 0. The van der Waals surface area contributed by atoms with Crippen LogP contribution in [0.25, 0.3) is 0 Å². The van der Waals surface area contributed by atoms with Gasteiger partial charge in [0.25, 0.3) is 17.0 Å². The molecule has 0 radical (unpaired) electrons. The van der Waals surface area contributed by atoms with E-state index in [1.54, 1.807) is 33.3 Å². The van der Waals surface area contributed by atoms with Crippen molar-refractivity contribution in [3.8, 4) is 0 Å². The lowest BCUT2D eigenvalue weighted by atomic mass is 10.3. The molecule has 0 atom stereocenters. The van der Waals surface area contributed by atoms with Crippen molar-refractivity contribution in [2.24, 2.45) is 0 Å². The third-order valence-corrected chi connectivity index (χ3v) is 10.0. The number of thioether (sulfide) groups is 3. The predicted molar refractivity (Wildman–Crippen MR) is 204 cm³/mol. The molecule has 0 saturated carbocycles. The second-order valence-corrected chi connectivity index (χ2v) is 14.5. The van der Waals surface area contributed by atoms with Crippen molar-refractivity contribution >= 4 is 58.9 Å². The van der Waals surface area contributed by atoms with Gasteiger partial charge < -0.3 is 24.9 Å². The fourth-order valence-electron chi connectivity index (χ4n) is 4.65. The lowest BCUT2D eigenvalue weighted by Gasteiger charge is -2.27. The third-order valence-electron chi connectivity index (χ3n) is 7.54. The van der Waals surface area contributed by atoms with Crippen molar-refractivity contribution in [2.45, 2.75) is 13.1 Å². The van der Waals surface area contributed by atoms with Crippen molar-refractivity contribution in [1.29, 1.82) is 0 Å². The Hall–Kier alpha value is -4.69. The fraction of sp³-hybridized carbons (Fsp3) is 0.438. The number of nitrogens with one attached hydrogen (secondary N) is 3. The first-order valence-corrected chi connectivity index (χ1v) is 19.8. The van der Waals surface area contributed by atoms with E-state index < -0.39 is 22.5 Å². The Morgan fingerprint density at radius 3 is 1.65 bits per heavy atom. The normalized spacial score (nSPS) is 12.4. The Labute approximate surface area is 312 Å². The standard InChI is InChI=1S/C32H43N9O8S3/c1-4-36(28(45)21-39-8-5-25(42)33-24(39)2)12-17-51-19-14-38(30(47)23-41-10-7-27(44)35-32(41)49)15-20-52-18-13-37(11-16-50-3)29(46)22-40-9-6-26(43)34-31(40)48/h4-10H,1-2,11-23H2,3H3,(H,33,42)(H,34,43,48)(H,35,44,49). The van der Waals surface area contributed by atoms with Gasteiger partial charge in [-0.25, -0.2) is 9.59 Å². The molecule has 1 aliphatic rings. The third kappa shape index (κ3) is 13.8. The monoisotopic (exact) mass is 777 g/mol. The summed E-state index contributed by atoms with van der Waals surface area (Å²) in [4.78, 5) is 108. The molecule has 3 rings (SSSR count). The highest BCUT2D eigenvalue weighted by Gasteiger charge is 2.20. The summed E-state index contributed by atoms with van der Waals surface area (Å²) < 4.78 is 2.28. The summed E-state index contributed by atoms with van der Waals surface area (Å²) in [5, 5.41) is 2.54. The minimum absolute atomic E-state index is 0.0328. The molecule has 0 fully saturated rings. The molecule has 2 aromatic rings. The van der Waals surface area contributed by atoms with Crippen LogP contribution in [0.1, 0.15) is 0 Å². The fourth-order valence-corrected chi connectivity index (χ4v) is 6.84. The number of carbonyl (C=O) groups excluding carboxylic acids is 4. The molecule has 2 aromatic heterocycles. The molecule has 0 aromatic carbocycles. The second kappa shape index (κ2) is 21.6. The van der Waals surface area contributed by atoms with E-state index in [4.69, 9.17) is 0 Å². The number of hydrogen-bond donors (Lipinski definition) is 3. The summed E-state index contributed by atoms with van der Waals surface area (Å²) in [5.41, 5.74) is -2.46. The molecule has 0 spiro atoms. The summed E-state index contributed by atoms with van der Waals surface area (Å²) >= 11 is 4.65. The molecule has 3 N–H and O–H groups in total. The van der Waals surface area contributed by atoms with Crippen molar-refractivity contribution in [1.82, 2.24) is 44.0 Å². The molecule has 3 heterocycles. The first-order chi connectivity index (χ1) is 24.9. The average Bonchev–Trinajstić information content (AvgIpc) is 3.10. The first kappa shape index (κ1) is 41.7. The summed E-state index contributed by atoms with van der Waals surface area (Å²) in [5.74, 6) is 2.05. The molecule has 52 heavy (non-hydrogen) atoms. The maximum atomic E-state index is 13.3. The lowest BCUT2D eigenvalue weighted by Crippen LogP contribution is -2.42. The van der Waals surface area contributed by atoms with E-state index in [2.05, 4.69) is 28.4 Å². The SMILES string of the molecule is C=CN(CCSCCN(CCSCCN(CCSC)C(=O)Cn1ccc(=O)[nH]c1=O)C(=O)Cn1ccc(=O)[nH]c1=O)C(=O)CN1C=CC(=O)NC1=C. The van der Waals surface area contributed by atoms with Gasteiger partial charge in [0, 0.05) is 98.3 Å². The quantitative estimate of drug-likeness (QED) is 0.123. The number of carbonyl (C=O) groups is 4. The summed E-state index contributed by atoms with van der Waals surface area (Å²) in [6.45, 7) is 8.95. The van der Waals surface area contributed by atoms with Gasteiger partial charge in [0.05, 0.1) is 0 Å². The van der Waals surface area contributed by atoms with Crippen LogP contribution in [0, 0.1) is 0 Å². The average molecular weight is 778 g/mol. The molecule has 282 valence electrons. The number of H-pyrrole nitrogens is 2. The number of hydrogen-bond acceptors (Lipinski definition) is 12. The van der Waals surface area contributed by atoms with Crippen LogP contribution in [-0.2, 0) is 32.3 Å². The molecular formula is C32H43N9O8S3. The molecule has 0 bridgehead atoms. The van der Waals surface area contributed by atoms with Crippen molar-refractivity contribution < 1.29 is 19.2 Å². The molecule has 1 aliphatic heterocycles. The second-order valence-electron chi connectivity index (χ2n) is 11.1. The van der Waals surface area contributed by atoms with E-state index in [1.165, 1.54) is 64.6 Å². The van der Waals surface area contributed by atoms with E-state index >= 15 is 0 Å². The van der Waals surface area contributed by atoms with Crippen LogP contribution in [0.3, 0.4) is 0 Å². The van der Waals surface area contributed by atoms with Crippen LogP contribution in [-0.4, -0.2) is 137 Å². The highest BCUT2D eigenvalue weighted by atomic mass is 32.2. The van der Waals surface area contributed by atoms with Crippen LogP contribution < -0.4 is 27.8 Å². The zero-order chi connectivity index (χ0) is 38.0. The predicted octanol–water partition coefficient (Wildman–Crippen LogP) is -1.04. The highest BCUT2D eigenvalue weighted by Crippen LogP contribution is 2.10. The van der Waals surface area contributed by atoms with Gasteiger partial charge in [0.15, 0.2) is 0 Å². The number of amides is 4.